The van der Waals surface area contributed by atoms with Crippen LogP contribution in [-0.2, 0) is 19.1 Å². The fourth-order valence-corrected chi connectivity index (χ4v) is 1.17. The molecule has 0 radical (unpaired) electrons. The van der Waals surface area contributed by atoms with Gasteiger partial charge < -0.3 is 19.7 Å². The predicted octanol–water partition coefficient (Wildman–Crippen LogP) is 0.699. The number of carbonyl (C=O) groups excluding carboxylic acids is 3. The number of nitrogens with one attached hydrogen (secondary N) is 1. The molecule has 0 aliphatic carbocycles. The van der Waals surface area contributed by atoms with Crippen molar-refractivity contribution < 1.29 is 23.9 Å². The minimum absolute atomic E-state index is 0.0413. The molecule has 0 bridgehead atoms. The van der Waals surface area contributed by atoms with Crippen molar-refractivity contribution in [2.24, 2.45) is 0 Å². The number of hydrogen-bond donors (Lipinski definition) is 1. The van der Waals surface area contributed by atoms with Crippen LogP contribution in [-0.4, -0.2) is 55.7 Å². The van der Waals surface area contributed by atoms with Crippen LogP contribution in [0, 0.1) is 0 Å². The number of hydrogen-bond acceptors (Lipinski definition) is 5. The Balaban J connectivity index is 4.11. The molecule has 0 aliphatic heterocycles. The fraction of sp³-hybridized carbons (Fsp3) is 0.615. The number of nitrogens with zero attached hydrogens (tertiary/aromatic N) is 1. The molecule has 0 aromatic heterocycles. The van der Waals surface area contributed by atoms with Crippen molar-refractivity contribution in [1.82, 2.24) is 10.2 Å². The highest BCUT2D eigenvalue weighted by Crippen LogP contribution is 1.98. The smallest absolute Gasteiger partial charge is 0.331 e. The minimum Gasteiger partial charge on any atom is -0.463 e. The molecule has 1 N–H and O–H groups in total. The maximum Gasteiger partial charge on any atom is 0.331 e. The first-order chi connectivity index (χ1) is 9.42. The van der Waals surface area contributed by atoms with E-state index in [1.807, 2.05) is 6.92 Å². The van der Waals surface area contributed by atoms with Gasteiger partial charge in [0.25, 0.3) is 0 Å². The Morgan fingerprint density at radius 2 is 1.70 bits per heavy atom. The monoisotopic (exact) mass is 286 g/mol. The van der Waals surface area contributed by atoms with Crippen molar-refractivity contribution in [1.29, 1.82) is 0 Å². The van der Waals surface area contributed by atoms with Gasteiger partial charge in [0.05, 0.1) is 12.6 Å². The number of rotatable bonds is 7. The zero-order chi connectivity index (χ0) is 15.5. The Kier molecular flexibility index (Phi) is 8.82. The van der Waals surface area contributed by atoms with E-state index in [-0.39, 0.29) is 25.3 Å². The standard InChI is InChI=1S/C13H22N2O5/c1-5-14-13(18)15(4)10(3)9-20-12(17)8-7-11(16)19-6-2/h7-8,10H,5-6,9H2,1-4H3,(H,14,18)/b8-7+/t10-/m1/s1. The number of urea groups is 1. The van der Waals surface area contributed by atoms with E-state index >= 15 is 0 Å². The third kappa shape index (κ3) is 7.40. The summed E-state index contributed by atoms with van der Waals surface area (Å²) in [5.74, 6) is -1.26. The van der Waals surface area contributed by atoms with Crippen molar-refractivity contribution in [2.45, 2.75) is 26.8 Å². The van der Waals surface area contributed by atoms with E-state index in [4.69, 9.17) is 4.74 Å². The summed E-state index contributed by atoms with van der Waals surface area (Å²) in [6.07, 6.45) is 2.00. The molecule has 0 rings (SSSR count). The van der Waals surface area contributed by atoms with Crippen LogP contribution in [0.3, 0.4) is 0 Å². The Labute approximate surface area is 118 Å². The molecule has 0 aromatic carbocycles. The highest BCUT2D eigenvalue weighted by atomic mass is 16.5. The van der Waals surface area contributed by atoms with Gasteiger partial charge in [-0.25, -0.2) is 14.4 Å². The first-order valence-electron chi connectivity index (χ1n) is 6.44. The summed E-state index contributed by atoms with van der Waals surface area (Å²) < 4.78 is 9.55. The van der Waals surface area contributed by atoms with Crippen LogP contribution < -0.4 is 5.32 Å². The van der Waals surface area contributed by atoms with Crippen molar-refractivity contribution in [3.05, 3.63) is 12.2 Å². The van der Waals surface area contributed by atoms with Gasteiger partial charge in [-0.1, -0.05) is 0 Å². The zero-order valence-corrected chi connectivity index (χ0v) is 12.3. The molecule has 20 heavy (non-hydrogen) atoms. The summed E-state index contributed by atoms with van der Waals surface area (Å²) in [6, 6.07) is -0.514. The lowest BCUT2D eigenvalue weighted by atomic mass is 10.3. The number of amides is 2. The Morgan fingerprint density at radius 3 is 2.20 bits per heavy atom. The molecule has 0 spiro atoms. The van der Waals surface area contributed by atoms with Gasteiger partial charge in [0.1, 0.15) is 6.61 Å². The normalized spacial score (nSPS) is 11.8. The molecule has 7 nitrogen and oxygen atoms in total. The summed E-state index contributed by atoms with van der Waals surface area (Å²) >= 11 is 0. The van der Waals surface area contributed by atoms with E-state index in [2.05, 4.69) is 10.1 Å². The third-order valence-electron chi connectivity index (χ3n) is 2.42. The quantitative estimate of drug-likeness (QED) is 0.550. The highest BCUT2D eigenvalue weighted by Gasteiger charge is 2.16. The van der Waals surface area contributed by atoms with Crippen molar-refractivity contribution in [2.75, 3.05) is 26.8 Å². The second-order valence-electron chi connectivity index (χ2n) is 4.01. The largest absolute Gasteiger partial charge is 0.463 e. The second-order valence-corrected chi connectivity index (χ2v) is 4.01. The lowest BCUT2D eigenvalue weighted by molar-refractivity contribution is -0.141. The molecule has 0 aliphatic rings. The first-order valence-corrected chi connectivity index (χ1v) is 6.44. The van der Waals surface area contributed by atoms with Crippen molar-refractivity contribution >= 4 is 18.0 Å². The summed E-state index contributed by atoms with van der Waals surface area (Å²) in [7, 11) is 1.61. The van der Waals surface area contributed by atoms with E-state index in [0.717, 1.165) is 12.2 Å². The predicted molar refractivity (Wildman–Crippen MR) is 73.0 cm³/mol. The highest BCUT2D eigenvalue weighted by molar-refractivity contribution is 5.91. The molecule has 2 amide bonds. The van der Waals surface area contributed by atoms with Gasteiger partial charge in [0.2, 0.25) is 0 Å². The van der Waals surface area contributed by atoms with E-state index in [9.17, 15) is 14.4 Å². The van der Waals surface area contributed by atoms with E-state index in [1.165, 1.54) is 4.90 Å². The number of esters is 2. The van der Waals surface area contributed by atoms with Crippen molar-refractivity contribution in [3.63, 3.8) is 0 Å². The molecular weight excluding hydrogens is 264 g/mol. The van der Waals surface area contributed by atoms with Crippen LogP contribution in [0.2, 0.25) is 0 Å². The molecule has 0 saturated heterocycles. The van der Waals surface area contributed by atoms with Gasteiger partial charge in [-0.05, 0) is 20.8 Å². The van der Waals surface area contributed by atoms with E-state index in [1.54, 1.807) is 20.9 Å². The van der Waals surface area contributed by atoms with Gasteiger partial charge >= 0.3 is 18.0 Å². The summed E-state index contributed by atoms with van der Waals surface area (Å²) in [6.45, 7) is 6.04. The van der Waals surface area contributed by atoms with E-state index in [0.29, 0.717) is 6.54 Å². The number of ether oxygens (including phenoxy) is 2. The average molecular weight is 286 g/mol. The minimum atomic E-state index is -0.658. The van der Waals surface area contributed by atoms with Crippen LogP contribution >= 0.6 is 0 Å². The SMILES string of the molecule is CCNC(=O)N(C)[C@H](C)COC(=O)/C=C/C(=O)OCC. The van der Waals surface area contributed by atoms with Crippen molar-refractivity contribution in [3.8, 4) is 0 Å². The number of carbonyl (C=O) groups is 3. The maximum absolute atomic E-state index is 11.5. The second kappa shape index (κ2) is 9.82. The lowest BCUT2D eigenvalue weighted by Gasteiger charge is -2.24. The van der Waals surface area contributed by atoms with Gasteiger partial charge in [-0.2, -0.15) is 0 Å². The molecule has 0 saturated carbocycles. The molecule has 7 heteroatoms. The molecule has 1 atom stereocenters. The molecule has 0 aromatic rings. The first kappa shape index (κ1) is 17.9. The fourth-order valence-electron chi connectivity index (χ4n) is 1.17. The Morgan fingerprint density at radius 1 is 1.15 bits per heavy atom. The van der Waals surface area contributed by atoms with Gasteiger partial charge in [0, 0.05) is 25.7 Å². The van der Waals surface area contributed by atoms with Crippen LogP contribution in [0.5, 0.6) is 0 Å². The van der Waals surface area contributed by atoms with Crippen LogP contribution in [0.1, 0.15) is 20.8 Å². The maximum atomic E-state index is 11.5. The van der Waals surface area contributed by atoms with Gasteiger partial charge in [-0.15, -0.1) is 0 Å². The van der Waals surface area contributed by atoms with Crippen LogP contribution in [0.4, 0.5) is 4.79 Å². The third-order valence-corrected chi connectivity index (χ3v) is 2.42. The van der Waals surface area contributed by atoms with Crippen LogP contribution in [0.25, 0.3) is 0 Å². The number of likely N-dealkylation sites (N-methyl/N-ethyl adjacent to an activating group) is 1. The van der Waals surface area contributed by atoms with E-state index < -0.39 is 11.9 Å². The molecule has 0 heterocycles. The Hall–Kier alpha value is -2.05. The summed E-state index contributed by atoms with van der Waals surface area (Å²) in [4.78, 5) is 35.3. The molecule has 0 fully saturated rings. The summed E-state index contributed by atoms with van der Waals surface area (Å²) in [5, 5.41) is 2.64. The zero-order valence-electron chi connectivity index (χ0n) is 12.3. The molecular formula is C13H22N2O5. The lowest BCUT2D eigenvalue weighted by Crippen LogP contribution is -2.44. The van der Waals surface area contributed by atoms with Gasteiger partial charge in [-0.3, -0.25) is 0 Å². The summed E-state index contributed by atoms with van der Waals surface area (Å²) in [5.41, 5.74) is 0. The average Bonchev–Trinajstić information content (AvgIpc) is 2.42. The van der Waals surface area contributed by atoms with Gasteiger partial charge in [0.15, 0.2) is 0 Å². The molecule has 114 valence electrons. The topological polar surface area (TPSA) is 84.9 Å². The Bertz CT molecular complexity index is 368. The molecule has 0 unspecified atom stereocenters. The van der Waals surface area contributed by atoms with Crippen LogP contribution in [0.15, 0.2) is 12.2 Å².